The monoisotopic (exact) mass is 601 g/mol. The van der Waals surface area contributed by atoms with Crippen molar-refractivity contribution < 1.29 is 19.4 Å². The van der Waals surface area contributed by atoms with Crippen LogP contribution in [0.3, 0.4) is 0 Å². The molecule has 0 aliphatic rings. The molecule has 0 aliphatic heterocycles. The normalized spacial score (nSPS) is 13.1. The Kier molecular flexibility index (Phi) is 34.7. The van der Waals surface area contributed by atoms with Crippen molar-refractivity contribution in [1.82, 2.24) is 0 Å². The van der Waals surface area contributed by atoms with Crippen LogP contribution in [0, 0.1) is 0 Å². The van der Waals surface area contributed by atoms with Crippen LogP contribution >= 0.6 is 0 Å². The Bertz CT molecular complexity index is 719. The molecule has 0 saturated carbocycles. The molecule has 0 bridgehead atoms. The van der Waals surface area contributed by atoms with E-state index in [0.29, 0.717) is 19.6 Å². The number of hydrogen-bond acceptors (Lipinski definition) is 4. The van der Waals surface area contributed by atoms with Crippen molar-refractivity contribution in [3.05, 3.63) is 60.8 Å². The summed E-state index contributed by atoms with van der Waals surface area (Å²) in [7, 11) is 0. The third-order valence-electron chi connectivity index (χ3n) is 7.36. The van der Waals surface area contributed by atoms with Gasteiger partial charge in [0.2, 0.25) is 0 Å². The van der Waals surface area contributed by atoms with Crippen LogP contribution in [-0.4, -0.2) is 37.0 Å². The van der Waals surface area contributed by atoms with Gasteiger partial charge in [-0.25, -0.2) is 0 Å². The van der Waals surface area contributed by atoms with E-state index >= 15 is 0 Å². The van der Waals surface area contributed by atoms with Gasteiger partial charge in [0.1, 0.15) is 6.10 Å². The standard InChI is InChI=1S/C39H68O4/c1-3-5-7-9-10-11-12-13-14-15-16-17-18-19-20-21-22-23-24-25-26-27-28-29-31-33-35-42-37-38(36-40)43-39(41)34-32-30-8-6-4-2/h5,7,10-11,13-14,16-17,19-20,38,40H,3-4,6,8-9,12,15,18,21-37H2,1-2H3/b7-5-,11-10-,14-13-,17-16-,20-19-. The van der Waals surface area contributed by atoms with Crippen LogP contribution in [0.25, 0.3) is 0 Å². The highest BCUT2D eigenvalue weighted by Gasteiger charge is 2.13. The first-order chi connectivity index (χ1) is 21.2. The Hall–Kier alpha value is -1.91. The average molecular weight is 601 g/mol. The summed E-state index contributed by atoms with van der Waals surface area (Å²) in [5.74, 6) is -0.218. The molecule has 0 fully saturated rings. The smallest absolute Gasteiger partial charge is 0.306 e. The maximum Gasteiger partial charge on any atom is 0.306 e. The molecule has 0 aromatic heterocycles. The van der Waals surface area contributed by atoms with Crippen molar-refractivity contribution in [2.75, 3.05) is 19.8 Å². The van der Waals surface area contributed by atoms with E-state index in [2.05, 4.69) is 74.6 Å². The molecule has 0 amide bonds. The van der Waals surface area contributed by atoms with Gasteiger partial charge in [-0.1, -0.05) is 152 Å². The highest BCUT2D eigenvalue weighted by Crippen LogP contribution is 2.12. The summed E-state index contributed by atoms with van der Waals surface area (Å²) in [6.45, 7) is 5.13. The first-order valence-electron chi connectivity index (χ1n) is 17.9. The Balaban J connectivity index is 3.42. The SMILES string of the molecule is CC/C=C\C/C=C\C/C=C\C/C=C\C/C=C\CCCCCCCCCCCCOCC(CO)OC(=O)CCCCCCC. The second-order valence-electron chi connectivity index (χ2n) is 11.6. The third-order valence-corrected chi connectivity index (χ3v) is 7.36. The average Bonchev–Trinajstić information content (AvgIpc) is 3.01. The van der Waals surface area contributed by atoms with Gasteiger partial charge in [-0.05, 0) is 57.8 Å². The van der Waals surface area contributed by atoms with E-state index in [0.717, 1.165) is 51.4 Å². The summed E-state index contributed by atoms with van der Waals surface area (Å²) in [5.41, 5.74) is 0. The van der Waals surface area contributed by atoms with E-state index < -0.39 is 6.10 Å². The predicted octanol–water partition coefficient (Wildman–Crippen LogP) is 11.3. The Labute approximate surface area is 266 Å². The van der Waals surface area contributed by atoms with Crippen LogP contribution in [0.1, 0.15) is 155 Å². The number of aliphatic hydroxyl groups excluding tert-OH is 1. The van der Waals surface area contributed by atoms with Gasteiger partial charge in [-0.2, -0.15) is 0 Å². The summed E-state index contributed by atoms with van der Waals surface area (Å²) in [6.07, 6.45) is 47.2. The van der Waals surface area contributed by atoms with E-state index in [4.69, 9.17) is 9.47 Å². The van der Waals surface area contributed by atoms with Gasteiger partial charge < -0.3 is 14.6 Å². The number of rotatable bonds is 32. The fraction of sp³-hybridized carbons (Fsp3) is 0.718. The lowest BCUT2D eigenvalue weighted by Gasteiger charge is -2.15. The highest BCUT2D eigenvalue weighted by atomic mass is 16.6. The van der Waals surface area contributed by atoms with E-state index in [1.807, 2.05) is 0 Å². The fourth-order valence-electron chi connectivity index (χ4n) is 4.71. The molecule has 4 heteroatoms. The van der Waals surface area contributed by atoms with Gasteiger partial charge in [-0.3, -0.25) is 4.79 Å². The lowest BCUT2D eigenvalue weighted by atomic mass is 10.1. The zero-order valence-electron chi connectivity index (χ0n) is 28.2. The topological polar surface area (TPSA) is 55.8 Å². The van der Waals surface area contributed by atoms with Gasteiger partial charge >= 0.3 is 5.97 Å². The van der Waals surface area contributed by atoms with Gasteiger partial charge in [-0.15, -0.1) is 0 Å². The van der Waals surface area contributed by atoms with E-state index in [-0.39, 0.29) is 12.6 Å². The van der Waals surface area contributed by atoms with Crippen molar-refractivity contribution in [1.29, 1.82) is 0 Å². The first-order valence-corrected chi connectivity index (χ1v) is 17.9. The number of carbonyl (C=O) groups is 1. The highest BCUT2D eigenvalue weighted by molar-refractivity contribution is 5.69. The molecule has 0 heterocycles. The van der Waals surface area contributed by atoms with Crippen molar-refractivity contribution >= 4 is 5.97 Å². The number of ether oxygens (including phenoxy) is 2. The van der Waals surface area contributed by atoms with E-state index in [1.54, 1.807) is 0 Å². The molecule has 0 aromatic carbocycles. The molecule has 0 aromatic rings. The van der Waals surface area contributed by atoms with Crippen LogP contribution in [0.4, 0.5) is 0 Å². The van der Waals surface area contributed by atoms with Crippen molar-refractivity contribution in [3.63, 3.8) is 0 Å². The Morgan fingerprint density at radius 2 is 1.05 bits per heavy atom. The van der Waals surface area contributed by atoms with Crippen molar-refractivity contribution in [2.45, 2.75) is 161 Å². The van der Waals surface area contributed by atoms with Gasteiger partial charge in [0, 0.05) is 13.0 Å². The van der Waals surface area contributed by atoms with Crippen LogP contribution < -0.4 is 0 Å². The van der Waals surface area contributed by atoms with Gasteiger partial charge in [0.15, 0.2) is 0 Å². The molecule has 0 saturated heterocycles. The Morgan fingerprint density at radius 3 is 1.58 bits per heavy atom. The first kappa shape index (κ1) is 41.1. The number of allylic oxidation sites excluding steroid dienone is 10. The molecule has 0 radical (unpaired) electrons. The van der Waals surface area contributed by atoms with Gasteiger partial charge in [0.25, 0.3) is 0 Å². The zero-order chi connectivity index (χ0) is 31.3. The second-order valence-corrected chi connectivity index (χ2v) is 11.6. The number of unbranched alkanes of at least 4 members (excludes halogenated alkanes) is 14. The molecule has 248 valence electrons. The van der Waals surface area contributed by atoms with Crippen LogP contribution in [-0.2, 0) is 14.3 Å². The number of hydrogen-bond donors (Lipinski definition) is 1. The Morgan fingerprint density at radius 1 is 0.581 bits per heavy atom. The number of carbonyl (C=O) groups excluding carboxylic acids is 1. The molecule has 1 unspecified atom stereocenters. The number of aliphatic hydroxyl groups is 1. The maximum absolute atomic E-state index is 11.9. The molecule has 0 spiro atoms. The van der Waals surface area contributed by atoms with Crippen molar-refractivity contribution in [2.24, 2.45) is 0 Å². The fourth-order valence-corrected chi connectivity index (χ4v) is 4.71. The summed E-state index contributed by atoms with van der Waals surface area (Å²) < 4.78 is 11.0. The molecule has 0 aliphatic carbocycles. The minimum atomic E-state index is -0.532. The molecular weight excluding hydrogens is 532 g/mol. The molecule has 0 rings (SSSR count). The molecule has 4 nitrogen and oxygen atoms in total. The van der Waals surface area contributed by atoms with Crippen LogP contribution in [0.5, 0.6) is 0 Å². The van der Waals surface area contributed by atoms with E-state index in [9.17, 15) is 9.90 Å². The van der Waals surface area contributed by atoms with Crippen molar-refractivity contribution in [3.8, 4) is 0 Å². The third kappa shape index (κ3) is 34.4. The van der Waals surface area contributed by atoms with Gasteiger partial charge in [0.05, 0.1) is 13.2 Å². The summed E-state index contributed by atoms with van der Waals surface area (Å²) in [5, 5.41) is 9.45. The lowest BCUT2D eigenvalue weighted by molar-refractivity contribution is -0.154. The summed E-state index contributed by atoms with van der Waals surface area (Å²) in [4.78, 5) is 11.9. The zero-order valence-corrected chi connectivity index (χ0v) is 28.2. The summed E-state index contributed by atoms with van der Waals surface area (Å²) >= 11 is 0. The molecular formula is C39H68O4. The molecule has 43 heavy (non-hydrogen) atoms. The molecule has 1 atom stereocenters. The predicted molar refractivity (Wildman–Crippen MR) is 186 cm³/mol. The quantitative estimate of drug-likeness (QED) is 0.0474. The van der Waals surface area contributed by atoms with Crippen LogP contribution in [0.2, 0.25) is 0 Å². The minimum absolute atomic E-state index is 0.176. The van der Waals surface area contributed by atoms with Crippen LogP contribution in [0.15, 0.2) is 60.8 Å². The number of esters is 1. The van der Waals surface area contributed by atoms with E-state index in [1.165, 1.54) is 83.5 Å². The minimum Gasteiger partial charge on any atom is -0.457 e. The second kappa shape index (κ2) is 36.3. The molecule has 1 N–H and O–H groups in total. The maximum atomic E-state index is 11.9. The lowest BCUT2D eigenvalue weighted by Crippen LogP contribution is -2.27. The summed E-state index contributed by atoms with van der Waals surface area (Å²) in [6, 6.07) is 0. The largest absolute Gasteiger partial charge is 0.457 e.